The zero-order chi connectivity index (χ0) is 29.4. The first kappa shape index (κ1) is 33.1. The third kappa shape index (κ3) is 12.9. The van der Waals surface area contributed by atoms with E-state index >= 15 is 0 Å². The zero-order valence-corrected chi connectivity index (χ0v) is 21.7. The van der Waals surface area contributed by atoms with E-state index in [4.69, 9.17) is 22.9 Å². The lowest BCUT2D eigenvalue weighted by Crippen LogP contribution is -2.58. The van der Waals surface area contributed by atoms with Crippen molar-refractivity contribution in [1.82, 2.24) is 16.0 Å². The minimum atomic E-state index is -1.40. The number of aliphatic hydroxyl groups excluding tert-OH is 1. The van der Waals surface area contributed by atoms with Crippen molar-refractivity contribution in [3.63, 3.8) is 0 Å². The number of hydrogen-bond acceptors (Lipinski definition) is 9. The number of guanidine groups is 1. The molecule has 14 N–H and O–H groups in total. The van der Waals surface area contributed by atoms with Crippen molar-refractivity contribution in [2.75, 3.05) is 19.7 Å². The first-order valence-corrected chi connectivity index (χ1v) is 12.5. The molecule has 0 radical (unpaired) electrons. The standard InChI is InChI=1S/C24H40N8O7/c25-10-2-1-5-17(21(36)31-18(23(38)39)12-14-6-8-15(34)9-7-14)30-22(37)19(13-33)32-20(35)16(26)4-3-11-29-24(27)28/h6-9,16-19,33-34H,1-5,10-13,25-26H2,(H,30,37)(H,31,36)(H,32,35)(H,38,39)(H4,27,28,29). The smallest absolute Gasteiger partial charge is 0.326 e. The zero-order valence-electron chi connectivity index (χ0n) is 21.7. The molecule has 218 valence electrons. The SMILES string of the molecule is NCCCCC(NC(=O)C(CO)NC(=O)C(N)CCCN=C(N)N)C(=O)NC(Cc1ccc(O)cc1)C(=O)O. The third-order valence-corrected chi connectivity index (χ3v) is 5.69. The van der Waals surface area contributed by atoms with Crippen molar-refractivity contribution in [3.8, 4) is 5.75 Å². The Hall–Kier alpha value is -3.95. The van der Waals surface area contributed by atoms with E-state index in [-0.39, 0.29) is 37.5 Å². The summed E-state index contributed by atoms with van der Waals surface area (Å²) >= 11 is 0. The summed E-state index contributed by atoms with van der Waals surface area (Å²) in [4.78, 5) is 53.8. The molecule has 0 aliphatic carbocycles. The van der Waals surface area contributed by atoms with Gasteiger partial charge in [-0.05, 0) is 56.3 Å². The number of aliphatic carboxylic acids is 1. The summed E-state index contributed by atoms with van der Waals surface area (Å²) in [5.74, 6) is -3.68. The molecule has 0 spiro atoms. The monoisotopic (exact) mass is 552 g/mol. The predicted octanol–water partition coefficient (Wildman–Crippen LogP) is -3.02. The predicted molar refractivity (Wildman–Crippen MR) is 143 cm³/mol. The number of aliphatic hydroxyl groups is 1. The van der Waals surface area contributed by atoms with Gasteiger partial charge in [0, 0.05) is 13.0 Å². The van der Waals surface area contributed by atoms with Crippen molar-refractivity contribution in [1.29, 1.82) is 0 Å². The number of phenolic OH excluding ortho intramolecular Hbond substituents is 1. The van der Waals surface area contributed by atoms with Gasteiger partial charge in [0.2, 0.25) is 17.7 Å². The van der Waals surface area contributed by atoms with E-state index in [9.17, 15) is 34.5 Å². The number of benzene rings is 1. The van der Waals surface area contributed by atoms with Crippen molar-refractivity contribution in [2.45, 2.75) is 62.7 Å². The summed E-state index contributed by atoms with van der Waals surface area (Å²) < 4.78 is 0. The van der Waals surface area contributed by atoms with Crippen molar-refractivity contribution >= 4 is 29.7 Å². The molecule has 1 aromatic carbocycles. The van der Waals surface area contributed by atoms with Gasteiger partial charge < -0.3 is 54.2 Å². The summed E-state index contributed by atoms with van der Waals surface area (Å²) in [5.41, 5.74) is 22.4. The maximum absolute atomic E-state index is 13.0. The van der Waals surface area contributed by atoms with Crippen LogP contribution in [0.3, 0.4) is 0 Å². The molecule has 0 heterocycles. The fourth-order valence-corrected chi connectivity index (χ4v) is 3.50. The molecule has 3 amide bonds. The minimum Gasteiger partial charge on any atom is -0.508 e. The van der Waals surface area contributed by atoms with Crippen LogP contribution in [-0.2, 0) is 25.6 Å². The van der Waals surface area contributed by atoms with E-state index in [0.717, 1.165) is 0 Å². The molecule has 0 aliphatic rings. The fourth-order valence-electron chi connectivity index (χ4n) is 3.50. The van der Waals surface area contributed by atoms with Crippen LogP contribution in [0.25, 0.3) is 0 Å². The van der Waals surface area contributed by atoms with Crippen LogP contribution in [-0.4, -0.2) is 88.8 Å². The van der Waals surface area contributed by atoms with E-state index in [1.165, 1.54) is 24.3 Å². The molecule has 4 atom stereocenters. The molecule has 4 unspecified atom stereocenters. The fraction of sp³-hybridized carbons (Fsp3) is 0.542. The van der Waals surface area contributed by atoms with Crippen LogP contribution in [0.4, 0.5) is 0 Å². The second-order valence-corrected chi connectivity index (χ2v) is 8.91. The van der Waals surface area contributed by atoms with Gasteiger partial charge in [0.15, 0.2) is 5.96 Å². The highest BCUT2D eigenvalue weighted by atomic mass is 16.4. The summed E-state index contributed by atoms with van der Waals surface area (Å²) in [6, 6.07) is 0.956. The molecule has 0 aromatic heterocycles. The molecule has 39 heavy (non-hydrogen) atoms. The molecule has 0 saturated heterocycles. The van der Waals surface area contributed by atoms with Crippen LogP contribution in [0.2, 0.25) is 0 Å². The van der Waals surface area contributed by atoms with Gasteiger partial charge in [-0.1, -0.05) is 12.1 Å². The van der Waals surface area contributed by atoms with Crippen molar-refractivity contribution in [2.24, 2.45) is 27.9 Å². The van der Waals surface area contributed by atoms with Crippen LogP contribution in [0.1, 0.15) is 37.7 Å². The Morgan fingerprint density at radius 2 is 1.44 bits per heavy atom. The Bertz CT molecular complexity index is 970. The van der Waals surface area contributed by atoms with Crippen molar-refractivity contribution < 1.29 is 34.5 Å². The molecule has 0 fully saturated rings. The molecular weight excluding hydrogens is 512 g/mol. The lowest BCUT2D eigenvalue weighted by Gasteiger charge is -2.24. The minimum absolute atomic E-state index is 0.00905. The number of nitrogens with two attached hydrogens (primary N) is 4. The number of carbonyl (C=O) groups excluding carboxylic acids is 3. The second-order valence-electron chi connectivity index (χ2n) is 8.91. The molecule has 0 bridgehead atoms. The Morgan fingerprint density at radius 3 is 2.00 bits per heavy atom. The molecule has 15 heteroatoms. The van der Waals surface area contributed by atoms with E-state index < -0.39 is 54.5 Å². The Kier molecular flexibility index (Phi) is 14.9. The Morgan fingerprint density at radius 1 is 0.846 bits per heavy atom. The average molecular weight is 553 g/mol. The highest BCUT2D eigenvalue weighted by molar-refractivity contribution is 5.94. The number of carbonyl (C=O) groups is 4. The Balaban J connectivity index is 2.85. The third-order valence-electron chi connectivity index (χ3n) is 5.69. The van der Waals surface area contributed by atoms with Crippen LogP contribution in [0.15, 0.2) is 29.3 Å². The van der Waals surface area contributed by atoms with Gasteiger partial charge in [-0.2, -0.15) is 0 Å². The molecular formula is C24H40N8O7. The summed E-state index contributed by atoms with van der Waals surface area (Å²) in [6.45, 7) is -0.164. The summed E-state index contributed by atoms with van der Waals surface area (Å²) in [5, 5.41) is 36.0. The van der Waals surface area contributed by atoms with Gasteiger partial charge in [0.25, 0.3) is 0 Å². The van der Waals surface area contributed by atoms with Gasteiger partial charge in [-0.25, -0.2) is 4.79 Å². The number of nitrogens with one attached hydrogen (secondary N) is 3. The first-order chi connectivity index (χ1) is 18.5. The molecule has 0 aliphatic heterocycles. The average Bonchev–Trinajstić information content (AvgIpc) is 2.89. The van der Waals surface area contributed by atoms with Gasteiger partial charge in [0.05, 0.1) is 12.6 Å². The number of hydrogen-bond donors (Lipinski definition) is 10. The number of aromatic hydroxyl groups is 1. The van der Waals surface area contributed by atoms with Crippen LogP contribution >= 0.6 is 0 Å². The molecule has 1 aromatic rings. The van der Waals surface area contributed by atoms with Gasteiger partial charge in [0.1, 0.15) is 23.9 Å². The van der Waals surface area contributed by atoms with Gasteiger partial charge in [-0.3, -0.25) is 19.4 Å². The number of phenols is 1. The number of amides is 3. The van der Waals surface area contributed by atoms with Crippen LogP contribution in [0, 0.1) is 0 Å². The largest absolute Gasteiger partial charge is 0.508 e. The normalized spacial score (nSPS) is 13.8. The number of nitrogens with zero attached hydrogens (tertiary/aromatic N) is 1. The Labute approximate surface area is 226 Å². The maximum atomic E-state index is 13.0. The first-order valence-electron chi connectivity index (χ1n) is 12.5. The van der Waals surface area contributed by atoms with E-state index in [1.54, 1.807) is 0 Å². The lowest BCUT2D eigenvalue weighted by molar-refractivity contribution is -0.142. The lowest BCUT2D eigenvalue weighted by atomic mass is 10.0. The quantitative estimate of drug-likeness (QED) is 0.0496. The van der Waals surface area contributed by atoms with E-state index in [2.05, 4.69) is 20.9 Å². The van der Waals surface area contributed by atoms with Crippen LogP contribution < -0.4 is 38.9 Å². The van der Waals surface area contributed by atoms with E-state index in [0.29, 0.717) is 31.4 Å². The van der Waals surface area contributed by atoms with Crippen molar-refractivity contribution in [3.05, 3.63) is 29.8 Å². The molecule has 0 saturated carbocycles. The number of carboxylic acids is 1. The summed E-state index contributed by atoms with van der Waals surface area (Å²) in [7, 11) is 0. The number of carboxylic acid groups (broad SMARTS) is 1. The highest BCUT2D eigenvalue weighted by Crippen LogP contribution is 2.12. The number of rotatable bonds is 18. The van der Waals surface area contributed by atoms with Gasteiger partial charge in [-0.15, -0.1) is 0 Å². The molecule has 1 rings (SSSR count). The topological polar surface area (TPSA) is 282 Å². The highest BCUT2D eigenvalue weighted by Gasteiger charge is 2.30. The van der Waals surface area contributed by atoms with E-state index in [1.807, 2.05) is 0 Å². The number of aliphatic imine (C=N–C) groups is 1. The van der Waals surface area contributed by atoms with Gasteiger partial charge >= 0.3 is 5.97 Å². The second kappa shape index (κ2) is 17.5. The molecule has 15 nitrogen and oxygen atoms in total. The number of unbranched alkanes of at least 4 members (excludes halogenated alkanes) is 1. The van der Waals surface area contributed by atoms with Crippen LogP contribution in [0.5, 0.6) is 5.75 Å². The summed E-state index contributed by atoms with van der Waals surface area (Å²) in [6.07, 6.45) is 1.68. The maximum Gasteiger partial charge on any atom is 0.326 e.